The van der Waals surface area contributed by atoms with E-state index in [2.05, 4.69) is 24.2 Å². The maximum absolute atomic E-state index is 12.3. The van der Waals surface area contributed by atoms with Crippen LogP contribution in [0.5, 0.6) is 0 Å². The van der Waals surface area contributed by atoms with E-state index >= 15 is 0 Å². The number of nitrogens with two attached hydrogens (primary N) is 1. The van der Waals surface area contributed by atoms with Crippen LogP contribution in [0.4, 0.5) is 5.69 Å². The van der Waals surface area contributed by atoms with Gasteiger partial charge in [-0.05, 0) is 44.4 Å². The van der Waals surface area contributed by atoms with Crippen LogP contribution in [0, 0.1) is 5.92 Å². The standard InChI is InChI=1S/C19H30N4O/c1-3-23(4-2)19(20)21-14-15-9-8-12-17(13-15)22-18(24)16-10-6-5-7-11-16/h8-9,12-13,16H,3-7,10-11,14H2,1-2H3,(H2,20,21)(H,22,24). The predicted octanol–water partition coefficient (Wildman–Crippen LogP) is 3.36. The van der Waals surface area contributed by atoms with Gasteiger partial charge in [-0.1, -0.05) is 31.4 Å². The van der Waals surface area contributed by atoms with Crippen molar-refractivity contribution in [2.45, 2.75) is 52.5 Å². The molecular formula is C19H30N4O. The van der Waals surface area contributed by atoms with Crippen molar-refractivity contribution in [2.24, 2.45) is 16.6 Å². The van der Waals surface area contributed by atoms with E-state index < -0.39 is 0 Å². The zero-order valence-electron chi connectivity index (χ0n) is 14.9. The maximum atomic E-state index is 12.3. The minimum absolute atomic E-state index is 0.151. The van der Waals surface area contributed by atoms with E-state index in [4.69, 9.17) is 5.73 Å². The second-order valence-corrected chi connectivity index (χ2v) is 6.37. The first-order valence-electron chi connectivity index (χ1n) is 9.08. The largest absolute Gasteiger partial charge is 0.370 e. The summed E-state index contributed by atoms with van der Waals surface area (Å²) in [5, 5.41) is 3.06. The Morgan fingerprint density at radius 2 is 1.96 bits per heavy atom. The Bertz CT molecular complexity index is 560. The Labute approximate surface area is 145 Å². The Balaban J connectivity index is 1.95. The lowest BCUT2D eigenvalue weighted by Gasteiger charge is -2.21. The van der Waals surface area contributed by atoms with Crippen LogP contribution in [-0.2, 0) is 11.3 Å². The fourth-order valence-electron chi connectivity index (χ4n) is 3.18. The number of hydrogen-bond donors (Lipinski definition) is 2. The first-order valence-corrected chi connectivity index (χ1v) is 9.08. The second-order valence-electron chi connectivity index (χ2n) is 6.37. The molecule has 0 spiro atoms. The van der Waals surface area contributed by atoms with Gasteiger partial charge in [-0.2, -0.15) is 0 Å². The van der Waals surface area contributed by atoms with Gasteiger partial charge < -0.3 is 16.0 Å². The fraction of sp³-hybridized carbons (Fsp3) is 0.579. The number of benzene rings is 1. The molecule has 0 aromatic heterocycles. The van der Waals surface area contributed by atoms with E-state index in [1.807, 2.05) is 29.2 Å². The van der Waals surface area contributed by atoms with Crippen molar-refractivity contribution >= 4 is 17.6 Å². The van der Waals surface area contributed by atoms with E-state index in [1.165, 1.54) is 6.42 Å². The smallest absolute Gasteiger partial charge is 0.227 e. The van der Waals surface area contributed by atoms with Crippen LogP contribution >= 0.6 is 0 Å². The molecule has 0 saturated heterocycles. The molecule has 1 amide bonds. The summed E-state index contributed by atoms with van der Waals surface area (Å²) in [5.74, 6) is 0.883. The molecule has 1 aromatic carbocycles. The van der Waals surface area contributed by atoms with E-state index in [0.29, 0.717) is 12.5 Å². The molecule has 5 nitrogen and oxygen atoms in total. The molecule has 24 heavy (non-hydrogen) atoms. The normalized spacial score (nSPS) is 16.0. The second kappa shape index (κ2) is 9.30. The van der Waals surface area contributed by atoms with Crippen molar-refractivity contribution in [3.8, 4) is 0 Å². The number of carbonyl (C=O) groups excluding carboxylic acids is 1. The molecule has 1 aliphatic rings. The summed E-state index contributed by atoms with van der Waals surface area (Å²) in [4.78, 5) is 18.8. The van der Waals surface area contributed by atoms with Gasteiger partial charge in [0.1, 0.15) is 0 Å². The third-order valence-corrected chi connectivity index (χ3v) is 4.68. The van der Waals surface area contributed by atoms with Gasteiger partial charge in [-0.15, -0.1) is 0 Å². The molecule has 2 rings (SSSR count). The zero-order valence-corrected chi connectivity index (χ0v) is 14.9. The first-order chi connectivity index (χ1) is 11.6. The van der Waals surface area contributed by atoms with Crippen LogP contribution in [0.25, 0.3) is 0 Å². The van der Waals surface area contributed by atoms with Gasteiger partial charge in [0.15, 0.2) is 5.96 Å². The highest BCUT2D eigenvalue weighted by molar-refractivity contribution is 5.92. The van der Waals surface area contributed by atoms with Gasteiger partial charge in [0.05, 0.1) is 6.54 Å². The highest BCUT2D eigenvalue weighted by Crippen LogP contribution is 2.25. The number of rotatable bonds is 6. The number of nitrogens with zero attached hydrogens (tertiary/aromatic N) is 2. The van der Waals surface area contributed by atoms with Crippen molar-refractivity contribution in [3.63, 3.8) is 0 Å². The predicted molar refractivity (Wildman–Crippen MR) is 99.9 cm³/mol. The van der Waals surface area contributed by atoms with Crippen molar-refractivity contribution < 1.29 is 4.79 Å². The lowest BCUT2D eigenvalue weighted by molar-refractivity contribution is -0.120. The van der Waals surface area contributed by atoms with Crippen LogP contribution in [0.2, 0.25) is 0 Å². The molecule has 132 valence electrons. The zero-order chi connectivity index (χ0) is 17.4. The van der Waals surface area contributed by atoms with Crippen molar-refractivity contribution in [2.75, 3.05) is 18.4 Å². The summed E-state index contributed by atoms with van der Waals surface area (Å²) in [6.07, 6.45) is 5.60. The Hall–Kier alpha value is -2.04. The summed E-state index contributed by atoms with van der Waals surface area (Å²) < 4.78 is 0. The summed E-state index contributed by atoms with van der Waals surface area (Å²) in [6, 6.07) is 7.88. The molecule has 0 radical (unpaired) electrons. The minimum atomic E-state index is 0.151. The molecule has 0 heterocycles. The summed E-state index contributed by atoms with van der Waals surface area (Å²) in [7, 11) is 0. The monoisotopic (exact) mass is 330 g/mol. The fourth-order valence-corrected chi connectivity index (χ4v) is 3.18. The van der Waals surface area contributed by atoms with E-state index in [-0.39, 0.29) is 11.8 Å². The van der Waals surface area contributed by atoms with E-state index in [0.717, 1.165) is 50.0 Å². The molecule has 1 aromatic rings. The van der Waals surface area contributed by atoms with Crippen molar-refractivity contribution in [3.05, 3.63) is 29.8 Å². The van der Waals surface area contributed by atoms with Gasteiger partial charge in [0.2, 0.25) is 5.91 Å². The van der Waals surface area contributed by atoms with Gasteiger partial charge in [-0.3, -0.25) is 4.79 Å². The Morgan fingerprint density at radius 1 is 1.25 bits per heavy atom. The molecular weight excluding hydrogens is 300 g/mol. The molecule has 1 aliphatic carbocycles. The van der Waals surface area contributed by atoms with Crippen molar-refractivity contribution in [1.29, 1.82) is 0 Å². The molecule has 1 saturated carbocycles. The molecule has 5 heteroatoms. The summed E-state index contributed by atoms with van der Waals surface area (Å²) in [5.41, 5.74) is 7.90. The molecule has 1 fully saturated rings. The number of guanidine groups is 1. The summed E-state index contributed by atoms with van der Waals surface area (Å²) >= 11 is 0. The molecule has 0 unspecified atom stereocenters. The average molecular weight is 330 g/mol. The highest BCUT2D eigenvalue weighted by Gasteiger charge is 2.20. The van der Waals surface area contributed by atoms with Gasteiger partial charge in [0.25, 0.3) is 0 Å². The number of amides is 1. The lowest BCUT2D eigenvalue weighted by Crippen LogP contribution is -2.37. The topological polar surface area (TPSA) is 70.7 Å². The Morgan fingerprint density at radius 3 is 2.62 bits per heavy atom. The van der Waals surface area contributed by atoms with Crippen LogP contribution in [0.3, 0.4) is 0 Å². The van der Waals surface area contributed by atoms with Crippen LogP contribution in [0.15, 0.2) is 29.3 Å². The van der Waals surface area contributed by atoms with Gasteiger partial charge in [-0.25, -0.2) is 4.99 Å². The highest BCUT2D eigenvalue weighted by atomic mass is 16.1. The molecule has 0 aliphatic heterocycles. The van der Waals surface area contributed by atoms with Crippen LogP contribution in [-0.4, -0.2) is 29.9 Å². The van der Waals surface area contributed by atoms with Crippen LogP contribution in [0.1, 0.15) is 51.5 Å². The molecule has 3 N–H and O–H groups in total. The van der Waals surface area contributed by atoms with E-state index in [9.17, 15) is 4.79 Å². The average Bonchev–Trinajstić information content (AvgIpc) is 2.62. The number of nitrogens with one attached hydrogen (secondary N) is 1. The minimum Gasteiger partial charge on any atom is -0.370 e. The summed E-state index contributed by atoms with van der Waals surface area (Å²) in [6.45, 7) is 6.35. The quantitative estimate of drug-likeness (QED) is 0.620. The van der Waals surface area contributed by atoms with Gasteiger partial charge >= 0.3 is 0 Å². The molecule has 0 atom stereocenters. The van der Waals surface area contributed by atoms with E-state index in [1.54, 1.807) is 0 Å². The number of aliphatic imine (C=N–C) groups is 1. The third kappa shape index (κ3) is 5.25. The number of hydrogen-bond acceptors (Lipinski definition) is 2. The lowest BCUT2D eigenvalue weighted by atomic mass is 9.88. The SMILES string of the molecule is CCN(CC)C(N)=NCc1cccc(NC(=O)C2CCCCC2)c1. The maximum Gasteiger partial charge on any atom is 0.227 e. The molecule has 0 bridgehead atoms. The van der Waals surface area contributed by atoms with Crippen LogP contribution < -0.4 is 11.1 Å². The number of anilines is 1. The third-order valence-electron chi connectivity index (χ3n) is 4.68. The Kier molecular flexibility index (Phi) is 7.09. The van der Waals surface area contributed by atoms with Gasteiger partial charge in [0, 0.05) is 24.7 Å². The van der Waals surface area contributed by atoms with Crippen molar-refractivity contribution in [1.82, 2.24) is 4.90 Å². The first kappa shape index (κ1) is 18.3. The number of carbonyl (C=O) groups is 1.